The van der Waals surface area contributed by atoms with Gasteiger partial charge >= 0.3 is 16.6 Å². The first-order valence-corrected chi connectivity index (χ1v) is 11.1. The molecule has 0 saturated heterocycles. The van der Waals surface area contributed by atoms with Crippen LogP contribution in [0, 0.1) is 0 Å². The van der Waals surface area contributed by atoms with Crippen LogP contribution in [0.2, 0.25) is 0 Å². The van der Waals surface area contributed by atoms with Crippen LogP contribution >= 0.6 is 0 Å². The molecule has 3 nitrogen and oxygen atoms in total. The highest BCUT2D eigenvalue weighted by Gasteiger charge is 2.19. The zero-order valence-corrected chi connectivity index (χ0v) is 18.8. The minimum Gasteiger partial charge on any atom is -0.653 e. The van der Waals surface area contributed by atoms with E-state index in [9.17, 15) is 0 Å². The van der Waals surface area contributed by atoms with Crippen molar-refractivity contribution in [2.45, 2.75) is 0 Å². The van der Waals surface area contributed by atoms with Crippen molar-refractivity contribution in [3.05, 3.63) is 97.1 Å². The predicted octanol–water partition coefficient (Wildman–Crippen LogP) is 6.68. The Labute approximate surface area is 194 Å². The number of aromatic nitrogens is 2. The van der Waals surface area contributed by atoms with Gasteiger partial charge in [-0.25, -0.2) is 4.98 Å². The lowest BCUT2D eigenvalue weighted by Gasteiger charge is -2.14. The molecule has 4 heteroatoms. The minimum atomic E-state index is 0.791. The molecule has 0 aliphatic heterocycles. The van der Waals surface area contributed by atoms with E-state index in [2.05, 4.69) is 119 Å². The van der Waals surface area contributed by atoms with Crippen LogP contribution in [0.4, 0.5) is 0 Å². The first-order chi connectivity index (χ1) is 15.8. The van der Waals surface area contributed by atoms with E-state index in [-0.39, 0.29) is 0 Å². The van der Waals surface area contributed by atoms with Crippen molar-refractivity contribution in [2.24, 2.45) is 7.05 Å². The number of hydrogen-bond donors (Lipinski definition) is 0. The summed E-state index contributed by atoms with van der Waals surface area (Å²) >= 11 is 2.38. The van der Waals surface area contributed by atoms with Gasteiger partial charge in [0, 0.05) is 12.6 Å². The number of nitrogens with zero attached hydrogens (tertiary/aromatic N) is 2. The van der Waals surface area contributed by atoms with Crippen molar-refractivity contribution < 1.29 is 3.79 Å². The number of para-hydroxylation sites is 1. The fraction of sp³-hybridized carbons (Fsp3) is 0.0357. The Morgan fingerprint density at radius 2 is 1.34 bits per heavy atom. The molecule has 1 aromatic heterocycles. The van der Waals surface area contributed by atoms with Gasteiger partial charge in [0.05, 0.1) is 22.3 Å². The van der Waals surface area contributed by atoms with Gasteiger partial charge in [0.25, 0.3) is 0 Å². The van der Waals surface area contributed by atoms with Crippen molar-refractivity contribution in [3.63, 3.8) is 0 Å². The monoisotopic (exact) mass is 426 g/mol. The molecular formula is C28H19AlN2O. The standard InChI is InChI=1S/C28H20N2O.Al/c1-30-27-23(22-13-6-10-18-8-2-4-11-20(18)22)14-7-15-24(27)29-28(30)26-21-12-5-3-9-19(21)16-17-25(26)31;/h2-17,31H,1H3;/q;+1/p-1. The largest absolute Gasteiger partial charge is 0.653 e. The smallest absolute Gasteiger partial charge is 0.482 e. The number of fused-ring (bicyclic) bond motifs is 3. The van der Waals surface area contributed by atoms with Crippen LogP contribution in [0.1, 0.15) is 0 Å². The summed E-state index contributed by atoms with van der Waals surface area (Å²) in [6.07, 6.45) is 0. The van der Waals surface area contributed by atoms with Crippen LogP contribution in [0.5, 0.6) is 5.75 Å². The quantitative estimate of drug-likeness (QED) is 0.295. The molecule has 150 valence electrons. The van der Waals surface area contributed by atoms with E-state index >= 15 is 0 Å². The first kappa shape index (κ1) is 19.1. The van der Waals surface area contributed by atoms with Crippen LogP contribution < -0.4 is 3.79 Å². The van der Waals surface area contributed by atoms with E-state index in [1.165, 1.54) is 21.9 Å². The van der Waals surface area contributed by atoms with Crippen LogP contribution in [0.15, 0.2) is 97.1 Å². The van der Waals surface area contributed by atoms with Gasteiger partial charge in [-0.2, -0.15) is 0 Å². The zero-order chi connectivity index (χ0) is 21.7. The maximum Gasteiger partial charge on any atom is 0.482 e. The second-order valence-corrected chi connectivity index (χ2v) is 8.21. The second-order valence-electron chi connectivity index (χ2n) is 7.97. The molecular weight excluding hydrogens is 407 g/mol. The van der Waals surface area contributed by atoms with Crippen molar-refractivity contribution in [1.82, 2.24) is 9.55 Å². The third kappa shape index (κ3) is 2.85. The predicted molar refractivity (Wildman–Crippen MR) is 133 cm³/mol. The highest BCUT2D eigenvalue weighted by Crippen LogP contribution is 2.40. The van der Waals surface area contributed by atoms with Crippen molar-refractivity contribution >= 4 is 49.2 Å². The highest BCUT2D eigenvalue weighted by molar-refractivity contribution is 6.07. The Kier molecular flexibility index (Phi) is 4.50. The average molecular weight is 426 g/mol. The van der Waals surface area contributed by atoms with Crippen molar-refractivity contribution in [3.8, 4) is 28.3 Å². The van der Waals surface area contributed by atoms with Gasteiger partial charge in [-0.15, -0.1) is 0 Å². The summed E-state index contributed by atoms with van der Waals surface area (Å²) in [6, 6.07) is 33.8. The van der Waals surface area contributed by atoms with Gasteiger partial charge in [-0.3, -0.25) is 0 Å². The number of hydrogen-bond acceptors (Lipinski definition) is 2. The summed E-state index contributed by atoms with van der Waals surface area (Å²) < 4.78 is 7.89. The summed E-state index contributed by atoms with van der Waals surface area (Å²) in [5.41, 5.74) is 5.47. The summed E-state index contributed by atoms with van der Waals surface area (Å²) in [6.45, 7) is 0. The number of aryl methyl sites for hydroxylation is 1. The van der Waals surface area contributed by atoms with E-state index in [1.807, 2.05) is 6.07 Å². The Morgan fingerprint density at radius 3 is 2.16 bits per heavy atom. The van der Waals surface area contributed by atoms with Gasteiger partial charge in [0.2, 0.25) is 0 Å². The fourth-order valence-electron chi connectivity index (χ4n) is 4.75. The Morgan fingerprint density at radius 1 is 0.688 bits per heavy atom. The molecule has 32 heavy (non-hydrogen) atoms. The first-order valence-electron chi connectivity index (χ1n) is 10.6. The highest BCUT2D eigenvalue weighted by atomic mass is 27.1. The number of imidazole rings is 1. The Hall–Kier alpha value is -3.58. The van der Waals surface area contributed by atoms with Crippen LogP contribution in [-0.4, -0.2) is 26.2 Å². The molecule has 0 aliphatic carbocycles. The normalized spacial score (nSPS) is 11.4. The summed E-state index contributed by atoms with van der Waals surface area (Å²) in [5, 5.41) is 4.76. The molecule has 0 unspecified atom stereocenters. The third-order valence-corrected chi connectivity index (χ3v) is 6.47. The van der Waals surface area contributed by atoms with Crippen LogP contribution in [-0.2, 0) is 7.05 Å². The molecule has 6 rings (SSSR count). The third-order valence-electron chi connectivity index (χ3n) is 6.22. The molecule has 1 heterocycles. The van der Waals surface area contributed by atoms with E-state index < -0.39 is 0 Å². The molecule has 0 amide bonds. The van der Waals surface area contributed by atoms with Crippen LogP contribution in [0.3, 0.4) is 0 Å². The molecule has 5 aromatic carbocycles. The molecule has 0 fully saturated rings. The van der Waals surface area contributed by atoms with E-state index in [1.54, 1.807) is 0 Å². The van der Waals surface area contributed by atoms with Gasteiger partial charge < -0.3 is 8.36 Å². The topological polar surface area (TPSA) is 27.1 Å². The molecule has 0 spiro atoms. The zero-order valence-electron chi connectivity index (χ0n) is 17.6. The average Bonchev–Trinajstić information content (AvgIpc) is 3.19. The molecule has 6 aromatic rings. The molecule has 0 atom stereocenters. The fourth-order valence-corrected chi connectivity index (χ4v) is 4.95. The SMILES string of the molecule is Cn1c(-c2c([O][Al])ccc3ccccc23)nc2cccc(-c3cccc4ccccc34)c21. The minimum absolute atomic E-state index is 0.791. The number of rotatable bonds is 3. The lowest BCUT2D eigenvalue weighted by molar-refractivity contribution is 0.618. The lowest BCUT2D eigenvalue weighted by atomic mass is 9.97. The second kappa shape index (κ2) is 7.53. The summed E-state index contributed by atoms with van der Waals surface area (Å²) in [7, 11) is 2.09. The van der Waals surface area contributed by atoms with E-state index in [0.29, 0.717) is 0 Å². The molecule has 2 radical (unpaired) electrons. The van der Waals surface area contributed by atoms with E-state index in [4.69, 9.17) is 8.77 Å². The molecule has 0 aliphatic rings. The maximum atomic E-state index is 5.69. The molecule has 0 saturated carbocycles. The summed E-state index contributed by atoms with van der Waals surface area (Å²) in [4.78, 5) is 5.08. The van der Waals surface area contributed by atoms with Crippen molar-refractivity contribution in [2.75, 3.05) is 0 Å². The van der Waals surface area contributed by atoms with Gasteiger partial charge in [-0.1, -0.05) is 84.9 Å². The maximum absolute atomic E-state index is 5.69. The van der Waals surface area contributed by atoms with E-state index in [0.717, 1.165) is 38.9 Å². The van der Waals surface area contributed by atoms with Gasteiger partial charge in [-0.05, 0) is 39.2 Å². The molecule has 0 bridgehead atoms. The number of benzene rings is 5. The Balaban J connectivity index is 1.69. The van der Waals surface area contributed by atoms with Gasteiger partial charge in [0.15, 0.2) is 0 Å². The Bertz CT molecular complexity index is 1630. The summed E-state index contributed by atoms with van der Waals surface area (Å²) in [5.74, 6) is 1.68. The lowest BCUT2D eigenvalue weighted by Crippen LogP contribution is -1.98. The van der Waals surface area contributed by atoms with Crippen molar-refractivity contribution in [1.29, 1.82) is 0 Å². The van der Waals surface area contributed by atoms with Gasteiger partial charge in [0.1, 0.15) is 5.82 Å². The van der Waals surface area contributed by atoms with Crippen LogP contribution in [0.25, 0.3) is 55.1 Å². The molecule has 0 N–H and O–H groups in total.